The highest BCUT2D eigenvalue weighted by atomic mass is 16.2. The third kappa shape index (κ3) is 5.53. The van der Waals surface area contributed by atoms with Crippen LogP contribution in [-0.4, -0.2) is 32.7 Å². The number of benzene rings is 2. The molecule has 0 aliphatic heterocycles. The number of nitrogens with two attached hydrogens (primary N) is 1. The first-order chi connectivity index (χ1) is 17.4. The van der Waals surface area contributed by atoms with Crippen molar-refractivity contribution in [2.45, 2.75) is 13.5 Å². The fourth-order valence-corrected chi connectivity index (χ4v) is 3.59. The van der Waals surface area contributed by atoms with Crippen LogP contribution in [0.15, 0.2) is 97.6 Å². The standard InChI is InChI=1S/C27H24N6O3/c1-19(34)33(23-12-10-21(11-13-23)26(35)31-25-9-3-2-8-24(25)28)32(18-20-6-4-14-29-16-20)27(36)22-7-5-15-30-17-22/h2-17H,18,28H2,1H3,(H,31,35). The quantitative estimate of drug-likeness (QED) is 0.319. The van der Waals surface area contributed by atoms with Crippen molar-refractivity contribution in [2.75, 3.05) is 16.1 Å². The number of para-hydroxylation sites is 2. The molecule has 3 N–H and O–H groups in total. The first-order valence-corrected chi connectivity index (χ1v) is 11.1. The largest absolute Gasteiger partial charge is 0.397 e. The Bertz CT molecular complexity index is 1360. The number of nitrogen functional groups attached to an aromatic ring is 1. The molecule has 2 aromatic carbocycles. The van der Waals surface area contributed by atoms with Gasteiger partial charge in [0.05, 0.1) is 29.2 Å². The number of nitrogens with zero attached hydrogens (tertiary/aromatic N) is 4. The predicted octanol–water partition coefficient (Wildman–Crippen LogP) is 3.92. The number of aromatic nitrogens is 2. The van der Waals surface area contributed by atoms with E-state index < -0.39 is 5.91 Å². The molecule has 9 heteroatoms. The van der Waals surface area contributed by atoms with E-state index in [9.17, 15) is 14.4 Å². The number of amides is 3. The lowest BCUT2D eigenvalue weighted by Crippen LogP contribution is -2.49. The summed E-state index contributed by atoms with van der Waals surface area (Å²) in [6.45, 7) is 1.46. The minimum absolute atomic E-state index is 0.0939. The SMILES string of the molecule is CC(=O)N(c1ccc(C(=O)Nc2ccccc2N)cc1)N(Cc1cccnc1)C(=O)c1cccnc1. The van der Waals surface area contributed by atoms with Gasteiger partial charge in [-0.05, 0) is 60.2 Å². The molecule has 4 aromatic rings. The van der Waals surface area contributed by atoms with Gasteiger partial charge in [0.2, 0.25) is 5.91 Å². The van der Waals surface area contributed by atoms with Crippen LogP contribution >= 0.6 is 0 Å². The summed E-state index contributed by atoms with van der Waals surface area (Å²) in [5, 5.41) is 5.38. The van der Waals surface area contributed by atoms with Gasteiger partial charge in [0.15, 0.2) is 0 Å². The zero-order valence-corrected chi connectivity index (χ0v) is 19.5. The van der Waals surface area contributed by atoms with Gasteiger partial charge in [0.1, 0.15) is 0 Å². The lowest BCUT2D eigenvalue weighted by atomic mass is 10.1. The third-order valence-corrected chi connectivity index (χ3v) is 5.32. The number of hydrogen-bond donors (Lipinski definition) is 2. The first kappa shape index (κ1) is 24.1. The molecule has 2 aromatic heterocycles. The molecular formula is C27H24N6O3. The smallest absolute Gasteiger partial charge is 0.274 e. The van der Waals surface area contributed by atoms with Crippen molar-refractivity contribution in [3.8, 4) is 0 Å². The zero-order chi connectivity index (χ0) is 25.5. The lowest BCUT2D eigenvalue weighted by Gasteiger charge is -2.34. The first-order valence-electron chi connectivity index (χ1n) is 11.1. The molecule has 180 valence electrons. The number of hydrazine groups is 1. The Labute approximate surface area is 208 Å². The van der Waals surface area contributed by atoms with Crippen LogP contribution in [0.2, 0.25) is 0 Å². The highest BCUT2D eigenvalue weighted by Gasteiger charge is 2.27. The van der Waals surface area contributed by atoms with Crippen LogP contribution in [0.25, 0.3) is 0 Å². The van der Waals surface area contributed by atoms with E-state index in [1.54, 1.807) is 85.3 Å². The normalized spacial score (nSPS) is 10.4. The Morgan fingerprint density at radius 2 is 1.53 bits per heavy atom. The van der Waals surface area contributed by atoms with Crippen molar-refractivity contribution in [3.05, 3.63) is 114 Å². The molecule has 0 aliphatic rings. The van der Waals surface area contributed by atoms with Crippen LogP contribution in [0, 0.1) is 0 Å². The van der Waals surface area contributed by atoms with E-state index in [0.29, 0.717) is 28.2 Å². The maximum Gasteiger partial charge on any atom is 0.274 e. The summed E-state index contributed by atoms with van der Waals surface area (Å²) < 4.78 is 0. The Hall–Kier alpha value is -5.05. The monoisotopic (exact) mass is 480 g/mol. The molecule has 9 nitrogen and oxygen atoms in total. The molecule has 3 amide bonds. The summed E-state index contributed by atoms with van der Waals surface area (Å²) in [6, 6.07) is 20.2. The molecule has 0 bridgehead atoms. The second kappa shape index (κ2) is 10.9. The Balaban J connectivity index is 1.64. The third-order valence-electron chi connectivity index (χ3n) is 5.32. The van der Waals surface area contributed by atoms with E-state index in [2.05, 4.69) is 15.3 Å². The van der Waals surface area contributed by atoms with Crippen molar-refractivity contribution in [1.29, 1.82) is 0 Å². The molecule has 0 fully saturated rings. The number of pyridine rings is 2. The van der Waals surface area contributed by atoms with Gasteiger partial charge in [-0.15, -0.1) is 0 Å². The molecule has 0 saturated carbocycles. The molecule has 36 heavy (non-hydrogen) atoms. The fourth-order valence-electron chi connectivity index (χ4n) is 3.59. The number of anilines is 3. The van der Waals surface area contributed by atoms with Crippen molar-refractivity contribution in [1.82, 2.24) is 15.0 Å². The molecule has 0 unspecified atom stereocenters. The Morgan fingerprint density at radius 1 is 0.833 bits per heavy atom. The summed E-state index contributed by atoms with van der Waals surface area (Å²) in [7, 11) is 0. The summed E-state index contributed by atoms with van der Waals surface area (Å²) in [5.41, 5.74) is 8.70. The molecule has 0 aliphatic carbocycles. The molecule has 0 spiro atoms. The molecule has 0 saturated heterocycles. The van der Waals surface area contributed by atoms with Gasteiger partial charge >= 0.3 is 0 Å². The number of rotatable bonds is 6. The van der Waals surface area contributed by atoms with Gasteiger partial charge < -0.3 is 11.1 Å². The van der Waals surface area contributed by atoms with E-state index in [1.807, 2.05) is 6.07 Å². The second-order valence-corrected chi connectivity index (χ2v) is 7.88. The van der Waals surface area contributed by atoms with Crippen LogP contribution in [0.1, 0.15) is 33.2 Å². The van der Waals surface area contributed by atoms with Crippen molar-refractivity contribution >= 4 is 34.8 Å². The van der Waals surface area contributed by atoms with Crippen LogP contribution in [0.3, 0.4) is 0 Å². The highest BCUT2D eigenvalue weighted by molar-refractivity contribution is 6.06. The average Bonchev–Trinajstić information content (AvgIpc) is 2.90. The van der Waals surface area contributed by atoms with Gasteiger partial charge in [-0.2, -0.15) is 0 Å². The molecule has 4 rings (SSSR count). The summed E-state index contributed by atoms with van der Waals surface area (Å²) in [5.74, 6) is -1.15. The summed E-state index contributed by atoms with van der Waals surface area (Å²) in [6.07, 6.45) is 6.27. The lowest BCUT2D eigenvalue weighted by molar-refractivity contribution is -0.119. The summed E-state index contributed by atoms with van der Waals surface area (Å²) >= 11 is 0. The minimum atomic E-state index is -0.413. The van der Waals surface area contributed by atoms with Crippen LogP contribution in [0.4, 0.5) is 17.1 Å². The number of carbonyl (C=O) groups excluding carboxylic acids is 3. The topological polar surface area (TPSA) is 122 Å². The predicted molar refractivity (Wildman–Crippen MR) is 137 cm³/mol. The minimum Gasteiger partial charge on any atom is -0.397 e. The van der Waals surface area contributed by atoms with Crippen molar-refractivity contribution in [3.63, 3.8) is 0 Å². The Kier molecular flexibility index (Phi) is 7.30. The van der Waals surface area contributed by atoms with Crippen molar-refractivity contribution < 1.29 is 14.4 Å². The number of carbonyl (C=O) groups is 3. The molecule has 2 heterocycles. The second-order valence-electron chi connectivity index (χ2n) is 7.88. The number of hydrogen-bond acceptors (Lipinski definition) is 6. The van der Waals surface area contributed by atoms with Gasteiger partial charge in [-0.3, -0.25) is 24.4 Å². The van der Waals surface area contributed by atoms with E-state index in [1.165, 1.54) is 23.1 Å². The van der Waals surface area contributed by atoms with Gasteiger partial charge in [-0.1, -0.05) is 18.2 Å². The maximum atomic E-state index is 13.5. The fraction of sp³-hybridized carbons (Fsp3) is 0.0741. The summed E-state index contributed by atoms with van der Waals surface area (Å²) in [4.78, 5) is 47.2. The van der Waals surface area contributed by atoms with Crippen LogP contribution in [-0.2, 0) is 11.3 Å². The maximum absolute atomic E-state index is 13.5. The van der Waals surface area contributed by atoms with Crippen LogP contribution < -0.4 is 16.1 Å². The average molecular weight is 481 g/mol. The van der Waals surface area contributed by atoms with Crippen LogP contribution in [0.5, 0.6) is 0 Å². The van der Waals surface area contributed by atoms with Gasteiger partial charge in [0, 0.05) is 37.3 Å². The molecule has 0 radical (unpaired) electrons. The zero-order valence-electron chi connectivity index (χ0n) is 19.5. The van der Waals surface area contributed by atoms with E-state index in [0.717, 1.165) is 5.56 Å². The highest BCUT2D eigenvalue weighted by Crippen LogP contribution is 2.23. The number of nitrogens with one attached hydrogen (secondary N) is 1. The van der Waals surface area contributed by atoms with E-state index in [4.69, 9.17) is 5.73 Å². The van der Waals surface area contributed by atoms with E-state index >= 15 is 0 Å². The molecular weight excluding hydrogens is 456 g/mol. The van der Waals surface area contributed by atoms with Crippen molar-refractivity contribution in [2.24, 2.45) is 0 Å². The van der Waals surface area contributed by atoms with Gasteiger partial charge in [0.25, 0.3) is 11.8 Å². The van der Waals surface area contributed by atoms with E-state index in [-0.39, 0.29) is 18.4 Å². The van der Waals surface area contributed by atoms with Gasteiger partial charge in [-0.25, -0.2) is 10.0 Å². The Morgan fingerprint density at radius 3 is 2.14 bits per heavy atom. The molecule has 0 atom stereocenters.